The molecule has 0 radical (unpaired) electrons. The van der Waals surface area contributed by atoms with Crippen molar-refractivity contribution in [2.24, 2.45) is 7.05 Å². The molecule has 1 atom stereocenters. The molecule has 0 amide bonds. The standard InChI is InChI=1S/C18H21N5O2/c1-12-19-6-5-16(21-12)22-17(18-20-7-8-23(18)2)13-9-14(24-3)11-15(10-13)25-4/h5-11,17H,1-4H3,(H,19,21,22)/t17-/m0/s1. The average Bonchev–Trinajstić information content (AvgIpc) is 3.05. The number of benzene rings is 1. The van der Waals surface area contributed by atoms with Crippen LogP contribution in [0.15, 0.2) is 42.9 Å². The van der Waals surface area contributed by atoms with Crippen molar-refractivity contribution in [1.29, 1.82) is 0 Å². The highest BCUT2D eigenvalue weighted by Crippen LogP contribution is 2.31. The van der Waals surface area contributed by atoms with E-state index in [0.29, 0.717) is 17.3 Å². The number of hydrogen-bond acceptors (Lipinski definition) is 6. The Kier molecular flexibility index (Phi) is 4.83. The third-order valence-corrected chi connectivity index (χ3v) is 3.89. The van der Waals surface area contributed by atoms with Gasteiger partial charge < -0.3 is 19.4 Å². The van der Waals surface area contributed by atoms with Crippen LogP contribution in [-0.4, -0.2) is 33.7 Å². The molecule has 25 heavy (non-hydrogen) atoms. The second-order valence-electron chi connectivity index (χ2n) is 5.61. The topological polar surface area (TPSA) is 74.1 Å². The van der Waals surface area contributed by atoms with E-state index in [-0.39, 0.29) is 6.04 Å². The molecule has 1 N–H and O–H groups in total. The van der Waals surface area contributed by atoms with Crippen LogP contribution in [0, 0.1) is 6.92 Å². The van der Waals surface area contributed by atoms with E-state index in [1.807, 2.05) is 49.0 Å². The summed E-state index contributed by atoms with van der Waals surface area (Å²) in [6.45, 7) is 1.86. The van der Waals surface area contributed by atoms with E-state index in [4.69, 9.17) is 9.47 Å². The number of hydrogen-bond donors (Lipinski definition) is 1. The van der Waals surface area contributed by atoms with Gasteiger partial charge in [0, 0.05) is 31.7 Å². The number of methoxy groups -OCH3 is 2. The number of imidazole rings is 1. The van der Waals surface area contributed by atoms with Crippen LogP contribution in [-0.2, 0) is 7.05 Å². The second kappa shape index (κ2) is 7.21. The van der Waals surface area contributed by atoms with Gasteiger partial charge in [0.15, 0.2) is 0 Å². The van der Waals surface area contributed by atoms with Crippen molar-refractivity contribution in [3.05, 3.63) is 60.1 Å². The van der Waals surface area contributed by atoms with Crippen LogP contribution >= 0.6 is 0 Å². The molecule has 3 aromatic rings. The van der Waals surface area contributed by atoms with Crippen molar-refractivity contribution in [3.8, 4) is 11.5 Å². The fourth-order valence-corrected chi connectivity index (χ4v) is 2.63. The first-order chi connectivity index (χ1) is 12.1. The van der Waals surface area contributed by atoms with Crippen LogP contribution in [0.5, 0.6) is 11.5 Å². The molecule has 0 saturated heterocycles. The summed E-state index contributed by atoms with van der Waals surface area (Å²) in [5, 5.41) is 3.44. The quantitative estimate of drug-likeness (QED) is 0.744. The van der Waals surface area contributed by atoms with Crippen molar-refractivity contribution < 1.29 is 9.47 Å². The summed E-state index contributed by atoms with van der Waals surface area (Å²) in [6.07, 6.45) is 5.41. The van der Waals surface area contributed by atoms with Crippen LogP contribution in [0.1, 0.15) is 23.3 Å². The molecular formula is C18H21N5O2. The second-order valence-corrected chi connectivity index (χ2v) is 5.61. The number of aromatic nitrogens is 4. The van der Waals surface area contributed by atoms with Crippen molar-refractivity contribution >= 4 is 5.82 Å². The molecular weight excluding hydrogens is 318 g/mol. The lowest BCUT2D eigenvalue weighted by atomic mass is 10.0. The summed E-state index contributed by atoms with van der Waals surface area (Å²) < 4.78 is 12.8. The van der Waals surface area contributed by atoms with Crippen LogP contribution < -0.4 is 14.8 Å². The minimum absolute atomic E-state index is 0.224. The number of nitrogens with zero attached hydrogens (tertiary/aromatic N) is 4. The predicted molar refractivity (Wildman–Crippen MR) is 95.0 cm³/mol. The van der Waals surface area contributed by atoms with Crippen LogP contribution in [0.3, 0.4) is 0 Å². The third-order valence-electron chi connectivity index (χ3n) is 3.89. The first kappa shape index (κ1) is 16.8. The first-order valence-corrected chi connectivity index (χ1v) is 7.87. The molecule has 0 aliphatic rings. The van der Waals surface area contributed by atoms with E-state index in [1.165, 1.54) is 0 Å². The Morgan fingerprint density at radius 1 is 1.04 bits per heavy atom. The van der Waals surface area contributed by atoms with Gasteiger partial charge in [-0.05, 0) is 30.7 Å². The Labute approximate surface area is 146 Å². The predicted octanol–water partition coefficient (Wildman–Crippen LogP) is 2.74. The van der Waals surface area contributed by atoms with E-state index < -0.39 is 0 Å². The largest absolute Gasteiger partial charge is 0.497 e. The minimum atomic E-state index is -0.224. The highest BCUT2D eigenvalue weighted by molar-refractivity contribution is 5.46. The van der Waals surface area contributed by atoms with Crippen molar-refractivity contribution in [2.45, 2.75) is 13.0 Å². The van der Waals surface area contributed by atoms with E-state index in [0.717, 1.165) is 17.2 Å². The lowest BCUT2D eigenvalue weighted by Gasteiger charge is -2.21. The van der Waals surface area contributed by atoms with Crippen LogP contribution in [0.2, 0.25) is 0 Å². The summed E-state index contributed by atoms with van der Waals surface area (Å²) in [6, 6.07) is 7.37. The van der Waals surface area contributed by atoms with E-state index in [2.05, 4.69) is 20.3 Å². The summed E-state index contributed by atoms with van der Waals surface area (Å²) in [5.41, 5.74) is 0.960. The molecule has 2 aromatic heterocycles. The van der Waals surface area contributed by atoms with Gasteiger partial charge in [-0.25, -0.2) is 15.0 Å². The Hall–Kier alpha value is -3.09. The maximum absolute atomic E-state index is 5.40. The number of nitrogens with one attached hydrogen (secondary N) is 1. The Balaban J connectivity index is 2.07. The molecule has 0 fully saturated rings. The van der Waals surface area contributed by atoms with Crippen molar-refractivity contribution in [3.63, 3.8) is 0 Å². The molecule has 0 spiro atoms. The average molecular weight is 339 g/mol. The molecule has 2 heterocycles. The van der Waals surface area contributed by atoms with Crippen molar-refractivity contribution in [2.75, 3.05) is 19.5 Å². The Morgan fingerprint density at radius 2 is 1.76 bits per heavy atom. The number of ether oxygens (including phenoxy) is 2. The van der Waals surface area contributed by atoms with Crippen molar-refractivity contribution in [1.82, 2.24) is 19.5 Å². The summed E-state index contributed by atoms with van der Waals surface area (Å²) in [7, 11) is 5.23. The summed E-state index contributed by atoms with van der Waals surface area (Å²) in [4.78, 5) is 13.1. The van der Waals surface area contributed by atoms with Gasteiger partial charge in [-0.15, -0.1) is 0 Å². The van der Waals surface area contributed by atoms with Gasteiger partial charge in [-0.1, -0.05) is 0 Å². The molecule has 0 aliphatic carbocycles. The van der Waals surface area contributed by atoms with Gasteiger partial charge in [-0.3, -0.25) is 0 Å². The summed E-state index contributed by atoms with van der Waals surface area (Å²) >= 11 is 0. The highest BCUT2D eigenvalue weighted by Gasteiger charge is 2.21. The highest BCUT2D eigenvalue weighted by atomic mass is 16.5. The molecule has 1 aromatic carbocycles. The molecule has 130 valence electrons. The summed E-state index contributed by atoms with van der Waals surface area (Å²) in [5.74, 6) is 3.71. The zero-order valence-corrected chi connectivity index (χ0v) is 14.7. The maximum atomic E-state index is 5.40. The normalized spacial score (nSPS) is 11.8. The first-order valence-electron chi connectivity index (χ1n) is 7.87. The molecule has 7 heteroatoms. The lowest BCUT2D eigenvalue weighted by molar-refractivity contribution is 0.393. The Bertz CT molecular complexity index is 840. The fraction of sp³-hybridized carbons (Fsp3) is 0.278. The fourth-order valence-electron chi connectivity index (χ4n) is 2.63. The molecule has 0 unspecified atom stereocenters. The molecule has 0 aliphatic heterocycles. The molecule has 0 bridgehead atoms. The van der Waals surface area contributed by atoms with Gasteiger partial charge in [0.1, 0.15) is 35.0 Å². The van der Waals surface area contributed by atoms with E-state index >= 15 is 0 Å². The SMILES string of the molecule is COc1cc(OC)cc([C@H](Nc2ccnc(C)n2)c2nccn2C)c1. The van der Waals surface area contributed by atoms with Gasteiger partial charge in [0.25, 0.3) is 0 Å². The van der Waals surface area contributed by atoms with E-state index in [1.54, 1.807) is 26.6 Å². The smallest absolute Gasteiger partial charge is 0.135 e. The van der Waals surface area contributed by atoms with Gasteiger partial charge >= 0.3 is 0 Å². The number of anilines is 1. The molecule has 0 saturated carbocycles. The molecule has 3 rings (SSSR count). The zero-order valence-electron chi connectivity index (χ0n) is 14.7. The van der Waals surface area contributed by atoms with Crippen LogP contribution in [0.25, 0.3) is 0 Å². The van der Waals surface area contributed by atoms with Crippen LogP contribution in [0.4, 0.5) is 5.82 Å². The van der Waals surface area contributed by atoms with E-state index in [9.17, 15) is 0 Å². The van der Waals surface area contributed by atoms with Gasteiger partial charge in [0.2, 0.25) is 0 Å². The maximum Gasteiger partial charge on any atom is 0.135 e. The monoisotopic (exact) mass is 339 g/mol. The minimum Gasteiger partial charge on any atom is -0.497 e. The van der Waals surface area contributed by atoms with Gasteiger partial charge in [0.05, 0.1) is 14.2 Å². The number of rotatable bonds is 6. The van der Waals surface area contributed by atoms with Gasteiger partial charge in [-0.2, -0.15) is 0 Å². The zero-order chi connectivity index (χ0) is 17.8. The molecule has 7 nitrogen and oxygen atoms in total. The lowest BCUT2D eigenvalue weighted by Crippen LogP contribution is -2.18. The number of aryl methyl sites for hydroxylation is 2. The Morgan fingerprint density at radius 3 is 2.32 bits per heavy atom. The third kappa shape index (κ3) is 3.71.